The lowest BCUT2D eigenvalue weighted by Gasteiger charge is -2.33. The van der Waals surface area contributed by atoms with E-state index in [1.165, 1.54) is 27.9 Å². The summed E-state index contributed by atoms with van der Waals surface area (Å²) in [6.07, 6.45) is 0.392. The van der Waals surface area contributed by atoms with Crippen molar-refractivity contribution >= 4 is 5.69 Å². The minimum absolute atomic E-state index is 0. The second kappa shape index (κ2) is 7.47. The van der Waals surface area contributed by atoms with Crippen molar-refractivity contribution in [2.24, 2.45) is 0 Å². The van der Waals surface area contributed by atoms with Crippen molar-refractivity contribution in [3.63, 3.8) is 0 Å². The van der Waals surface area contributed by atoms with Gasteiger partial charge in [-0.25, -0.2) is 4.90 Å². The van der Waals surface area contributed by atoms with Crippen molar-refractivity contribution in [1.82, 2.24) is 4.90 Å². The summed E-state index contributed by atoms with van der Waals surface area (Å²) in [4.78, 5) is 4.19. The molecule has 5 rings (SSSR count). The number of rotatable bonds is 3. The molecule has 2 heterocycles. The number of fused-ring (bicyclic) bond motifs is 6. The summed E-state index contributed by atoms with van der Waals surface area (Å²) in [6, 6.07) is 26.3. The summed E-state index contributed by atoms with van der Waals surface area (Å²) in [5.41, 5.74) is 7.00. The summed E-state index contributed by atoms with van der Waals surface area (Å²) in [7, 11) is 1.72. The van der Waals surface area contributed by atoms with Crippen molar-refractivity contribution in [2.75, 3.05) is 20.2 Å². The van der Waals surface area contributed by atoms with Gasteiger partial charge in [-0.05, 0) is 35.4 Å². The quantitative estimate of drug-likeness (QED) is 0.658. The molecular formula is C23H23BrN2O. The first-order chi connectivity index (χ1) is 12.8. The zero-order valence-electron chi connectivity index (χ0n) is 15.4. The average molecular weight is 423 g/mol. The first-order valence-electron chi connectivity index (χ1n) is 9.26. The predicted molar refractivity (Wildman–Crippen MR) is 104 cm³/mol. The average Bonchev–Trinajstić information content (AvgIpc) is 3.13. The van der Waals surface area contributed by atoms with Crippen LogP contribution in [-0.4, -0.2) is 25.1 Å². The van der Waals surface area contributed by atoms with Gasteiger partial charge in [-0.15, -0.1) is 0 Å². The molecule has 2 aliphatic heterocycles. The molecule has 27 heavy (non-hydrogen) atoms. The van der Waals surface area contributed by atoms with E-state index < -0.39 is 0 Å². The minimum Gasteiger partial charge on any atom is -1.00 e. The topological polar surface area (TPSA) is 16.9 Å². The normalized spacial score (nSPS) is 20.2. The number of ether oxygens (including phenoxy) is 1. The number of para-hydroxylation sites is 1. The van der Waals surface area contributed by atoms with Gasteiger partial charge in [0.25, 0.3) is 0 Å². The number of hydrogen-bond acceptors (Lipinski definition) is 2. The first-order valence-corrected chi connectivity index (χ1v) is 9.26. The van der Waals surface area contributed by atoms with E-state index in [1.54, 1.807) is 12.0 Å². The van der Waals surface area contributed by atoms with Crippen LogP contribution in [0.5, 0.6) is 5.75 Å². The van der Waals surface area contributed by atoms with Gasteiger partial charge in [0.2, 0.25) is 0 Å². The number of nitrogens with zero attached hydrogens (tertiary/aromatic N) is 1. The molecule has 1 N–H and O–H groups in total. The van der Waals surface area contributed by atoms with Crippen LogP contribution < -0.4 is 26.6 Å². The number of halogens is 1. The van der Waals surface area contributed by atoms with E-state index in [4.69, 9.17) is 4.74 Å². The molecule has 0 aliphatic carbocycles. The fourth-order valence-corrected chi connectivity index (χ4v) is 4.53. The second-order valence-corrected chi connectivity index (χ2v) is 7.13. The van der Waals surface area contributed by atoms with E-state index in [1.807, 2.05) is 0 Å². The second-order valence-electron chi connectivity index (χ2n) is 7.13. The van der Waals surface area contributed by atoms with Gasteiger partial charge in [0.05, 0.1) is 20.2 Å². The highest BCUT2D eigenvalue weighted by Gasteiger charge is 2.43. The van der Waals surface area contributed by atoms with Crippen molar-refractivity contribution in [2.45, 2.75) is 12.7 Å². The first kappa shape index (κ1) is 18.2. The van der Waals surface area contributed by atoms with Gasteiger partial charge in [-0.1, -0.05) is 48.5 Å². The third kappa shape index (κ3) is 3.08. The summed E-state index contributed by atoms with van der Waals surface area (Å²) in [6.45, 7) is 3.22. The lowest BCUT2D eigenvalue weighted by Crippen LogP contribution is -3.06. The standard InChI is InChI=1S/C23H22N2O.BrH/c1-26-18-12-10-17(11-13-18)16-24-14-15-25-22-9-5-4-7-20(22)19-6-2-3-8-21(19)23(24)25;/h2-13,23H,14-16H2,1H3;1H. The Morgan fingerprint density at radius 3 is 2.41 bits per heavy atom. The van der Waals surface area contributed by atoms with Crippen LogP contribution in [0.4, 0.5) is 5.69 Å². The fraction of sp³-hybridized carbons (Fsp3) is 0.217. The van der Waals surface area contributed by atoms with Crippen LogP contribution in [0.3, 0.4) is 0 Å². The molecule has 138 valence electrons. The summed E-state index contributed by atoms with van der Waals surface area (Å²) >= 11 is 0. The number of methoxy groups -OCH3 is 1. The van der Waals surface area contributed by atoms with E-state index in [0.29, 0.717) is 6.17 Å². The smallest absolute Gasteiger partial charge is 0.176 e. The highest BCUT2D eigenvalue weighted by atomic mass is 79.9. The third-order valence-electron chi connectivity index (χ3n) is 5.73. The van der Waals surface area contributed by atoms with Crippen molar-refractivity contribution in [3.05, 3.63) is 83.9 Å². The Kier molecular flexibility index (Phi) is 5.04. The third-order valence-corrected chi connectivity index (χ3v) is 5.73. The number of hydrogen-bond donors (Lipinski definition) is 1. The highest BCUT2D eigenvalue weighted by molar-refractivity contribution is 5.77. The zero-order valence-corrected chi connectivity index (χ0v) is 16.9. The monoisotopic (exact) mass is 422 g/mol. The van der Waals surface area contributed by atoms with Crippen LogP contribution in [0.15, 0.2) is 72.8 Å². The molecule has 3 aromatic carbocycles. The van der Waals surface area contributed by atoms with Crippen LogP contribution >= 0.6 is 0 Å². The molecule has 3 nitrogen and oxygen atoms in total. The molecule has 0 aromatic heterocycles. The molecular weight excluding hydrogens is 400 g/mol. The zero-order chi connectivity index (χ0) is 17.5. The predicted octanol–water partition coefficient (Wildman–Crippen LogP) is 0.411. The van der Waals surface area contributed by atoms with Gasteiger partial charge in [0, 0.05) is 17.7 Å². The Morgan fingerprint density at radius 1 is 0.926 bits per heavy atom. The molecule has 0 spiro atoms. The highest BCUT2D eigenvalue weighted by Crippen LogP contribution is 2.38. The molecule has 1 saturated heterocycles. The molecule has 0 amide bonds. The Balaban J connectivity index is 0.00000180. The molecule has 1 fully saturated rings. The molecule has 0 radical (unpaired) electrons. The Labute approximate surface area is 171 Å². The van der Waals surface area contributed by atoms with Gasteiger partial charge >= 0.3 is 0 Å². The molecule has 2 aliphatic rings. The number of nitrogens with one attached hydrogen (secondary N) is 1. The fourth-order valence-electron chi connectivity index (χ4n) is 4.53. The molecule has 2 unspecified atom stereocenters. The lowest BCUT2D eigenvalue weighted by atomic mass is 9.91. The SMILES string of the molecule is COc1ccc(CN2CC[NH+]3c4ccccc4-c4ccccc4C23)cc1.[Br-]. The van der Waals surface area contributed by atoms with Gasteiger partial charge < -0.3 is 21.7 Å². The molecule has 4 heteroatoms. The minimum atomic E-state index is 0. The maximum atomic E-state index is 5.29. The van der Waals surface area contributed by atoms with Crippen LogP contribution in [-0.2, 0) is 6.54 Å². The number of benzene rings is 3. The van der Waals surface area contributed by atoms with Gasteiger partial charge in [-0.3, -0.25) is 4.90 Å². The number of quaternary nitrogens is 1. The van der Waals surface area contributed by atoms with Crippen molar-refractivity contribution < 1.29 is 26.6 Å². The summed E-state index contributed by atoms with van der Waals surface area (Å²) in [5, 5.41) is 0. The Morgan fingerprint density at radius 2 is 1.63 bits per heavy atom. The molecule has 2 atom stereocenters. The van der Waals surface area contributed by atoms with E-state index in [2.05, 4.69) is 77.7 Å². The van der Waals surface area contributed by atoms with Gasteiger partial charge in [0.15, 0.2) is 6.17 Å². The largest absolute Gasteiger partial charge is 1.00 e. The van der Waals surface area contributed by atoms with Gasteiger partial charge in [-0.2, -0.15) is 0 Å². The van der Waals surface area contributed by atoms with Crippen LogP contribution in [0.2, 0.25) is 0 Å². The molecule has 0 bridgehead atoms. The Hall–Kier alpha value is -2.14. The van der Waals surface area contributed by atoms with E-state index in [-0.39, 0.29) is 17.0 Å². The van der Waals surface area contributed by atoms with Crippen molar-refractivity contribution in [1.29, 1.82) is 0 Å². The van der Waals surface area contributed by atoms with E-state index in [9.17, 15) is 0 Å². The van der Waals surface area contributed by atoms with Crippen LogP contribution in [0.1, 0.15) is 17.3 Å². The van der Waals surface area contributed by atoms with Crippen molar-refractivity contribution in [3.8, 4) is 16.9 Å². The van der Waals surface area contributed by atoms with Gasteiger partial charge in [0.1, 0.15) is 11.4 Å². The van der Waals surface area contributed by atoms with E-state index in [0.717, 1.165) is 25.4 Å². The van der Waals surface area contributed by atoms with Crippen LogP contribution in [0, 0.1) is 0 Å². The lowest BCUT2D eigenvalue weighted by molar-refractivity contribution is -0.860. The maximum Gasteiger partial charge on any atom is 0.176 e. The summed E-state index contributed by atoms with van der Waals surface area (Å²) in [5.74, 6) is 0.916. The molecule has 0 saturated carbocycles. The van der Waals surface area contributed by atoms with Crippen LogP contribution in [0.25, 0.3) is 11.1 Å². The van der Waals surface area contributed by atoms with E-state index >= 15 is 0 Å². The summed E-state index contributed by atoms with van der Waals surface area (Å²) < 4.78 is 5.29. The maximum absolute atomic E-state index is 5.29. The Bertz CT molecular complexity index is 941. The molecule has 3 aromatic rings.